The Labute approximate surface area is 184 Å². The summed E-state index contributed by atoms with van der Waals surface area (Å²) in [6.45, 7) is 0. The van der Waals surface area contributed by atoms with E-state index in [1.165, 1.54) is 11.8 Å². The molecule has 0 unspecified atom stereocenters. The molecule has 3 rings (SSSR count). The average Bonchev–Trinajstić information content (AvgIpc) is 2.78. The summed E-state index contributed by atoms with van der Waals surface area (Å²) in [6.07, 6.45) is 0. The molecule has 0 radical (unpaired) electrons. The Morgan fingerprint density at radius 2 is 1.67 bits per heavy atom. The molecule has 0 bridgehead atoms. The fraction of sp³-hybridized carbons (Fsp3) is 0.130. The van der Waals surface area contributed by atoms with Crippen molar-refractivity contribution in [1.29, 1.82) is 0 Å². The summed E-state index contributed by atoms with van der Waals surface area (Å²) in [5, 5.41) is 3.24. The van der Waals surface area contributed by atoms with Crippen LogP contribution >= 0.6 is 23.4 Å². The Kier molecular flexibility index (Phi) is 7.38. The van der Waals surface area contributed by atoms with Gasteiger partial charge < -0.3 is 14.8 Å². The van der Waals surface area contributed by atoms with Crippen molar-refractivity contribution in [2.24, 2.45) is 0 Å². The summed E-state index contributed by atoms with van der Waals surface area (Å²) in [6, 6.07) is 19.1. The van der Waals surface area contributed by atoms with E-state index in [4.69, 9.17) is 21.1 Å². The number of ketones is 1. The van der Waals surface area contributed by atoms with Gasteiger partial charge in [-0.25, -0.2) is 0 Å². The quantitative estimate of drug-likeness (QED) is 0.378. The van der Waals surface area contributed by atoms with Crippen LogP contribution in [0.5, 0.6) is 11.5 Å². The second-order valence-corrected chi connectivity index (χ2v) is 7.72. The molecule has 154 valence electrons. The number of methoxy groups -OCH3 is 2. The number of benzene rings is 3. The van der Waals surface area contributed by atoms with Crippen LogP contribution in [-0.4, -0.2) is 31.7 Å². The van der Waals surface area contributed by atoms with Crippen molar-refractivity contribution in [3.05, 3.63) is 82.9 Å². The summed E-state index contributed by atoms with van der Waals surface area (Å²) in [5.74, 6) is 0.935. The van der Waals surface area contributed by atoms with Gasteiger partial charge in [-0.05, 0) is 36.4 Å². The maximum atomic E-state index is 12.9. The van der Waals surface area contributed by atoms with E-state index in [0.29, 0.717) is 33.3 Å². The van der Waals surface area contributed by atoms with Gasteiger partial charge in [0.1, 0.15) is 0 Å². The van der Waals surface area contributed by atoms with E-state index in [1.54, 1.807) is 62.8 Å². The molecule has 0 saturated carbocycles. The highest BCUT2D eigenvalue weighted by molar-refractivity contribution is 8.00. The van der Waals surface area contributed by atoms with Crippen LogP contribution < -0.4 is 14.8 Å². The Morgan fingerprint density at radius 3 is 2.37 bits per heavy atom. The maximum absolute atomic E-state index is 12.9. The van der Waals surface area contributed by atoms with Crippen LogP contribution in [0.4, 0.5) is 5.69 Å². The van der Waals surface area contributed by atoms with Crippen molar-refractivity contribution in [2.75, 3.05) is 25.3 Å². The number of hydrogen-bond donors (Lipinski definition) is 1. The number of amides is 1. The summed E-state index contributed by atoms with van der Waals surface area (Å²) in [7, 11) is 3.13. The molecular weight excluding hydrogens is 422 g/mol. The molecule has 0 aromatic heterocycles. The van der Waals surface area contributed by atoms with Crippen molar-refractivity contribution in [3.63, 3.8) is 0 Å². The van der Waals surface area contributed by atoms with Gasteiger partial charge in [-0.1, -0.05) is 41.9 Å². The summed E-state index contributed by atoms with van der Waals surface area (Å²) < 4.78 is 10.5. The molecule has 0 aliphatic rings. The summed E-state index contributed by atoms with van der Waals surface area (Å²) in [5.41, 5.74) is 1.29. The van der Waals surface area contributed by atoms with Gasteiger partial charge in [0.2, 0.25) is 5.91 Å². The molecular formula is C23H20ClNO4S. The minimum absolute atomic E-state index is 0.164. The number of nitrogens with one attached hydrogen (secondary N) is 1. The normalized spacial score (nSPS) is 10.4. The van der Waals surface area contributed by atoms with Crippen LogP contribution in [0.15, 0.2) is 71.6 Å². The molecule has 0 aliphatic carbocycles. The van der Waals surface area contributed by atoms with E-state index in [1.807, 2.05) is 18.2 Å². The fourth-order valence-electron chi connectivity index (χ4n) is 2.80. The number of ether oxygens (including phenoxy) is 2. The molecule has 3 aromatic carbocycles. The Morgan fingerprint density at radius 1 is 0.933 bits per heavy atom. The first-order valence-electron chi connectivity index (χ1n) is 9.06. The lowest BCUT2D eigenvalue weighted by Crippen LogP contribution is -2.17. The number of hydrogen-bond acceptors (Lipinski definition) is 5. The molecule has 5 nitrogen and oxygen atoms in total. The van der Waals surface area contributed by atoms with E-state index in [9.17, 15) is 9.59 Å². The van der Waals surface area contributed by atoms with Crippen molar-refractivity contribution < 1.29 is 19.1 Å². The van der Waals surface area contributed by atoms with Crippen molar-refractivity contribution in [1.82, 2.24) is 0 Å². The second-order valence-electron chi connectivity index (χ2n) is 6.24. The standard InChI is InChI=1S/C23H20ClNO4S/c1-28-20-11-9-17(13-21(20)29-2)30-14-22(26)25-19-10-8-16(24)12-18(19)23(27)15-6-4-3-5-7-15/h3-13H,14H2,1-2H3,(H,25,26). The number of carbonyl (C=O) groups excluding carboxylic acids is 2. The number of halogens is 1. The number of carbonyl (C=O) groups is 2. The smallest absolute Gasteiger partial charge is 0.234 e. The Hall–Kier alpha value is -2.96. The molecule has 1 amide bonds. The largest absolute Gasteiger partial charge is 0.493 e. The van der Waals surface area contributed by atoms with Crippen molar-refractivity contribution >= 4 is 40.7 Å². The van der Waals surface area contributed by atoms with Crippen molar-refractivity contribution in [2.45, 2.75) is 4.90 Å². The zero-order valence-electron chi connectivity index (χ0n) is 16.5. The van der Waals surface area contributed by atoms with Gasteiger partial charge in [-0.15, -0.1) is 11.8 Å². The van der Waals surface area contributed by atoms with E-state index >= 15 is 0 Å². The van der Waals surface area contributed by atoms with E-state index in [-0.39, 0.29) is 17.4 Å². The van der Waals surface area contributed by atoms with Gasteiger partial charge in [-0.2, -0.15) is 0 Å². The molecule has 0 heterocycles. The van der Waals surface area contributed by atoms with Gasteiger partial charge in [0.25, 0.3) is 0 Å². The third-order valence-electron chi connectivity index (χ3n) is 4.26. The molecule has 0 saturated heterocycles. The summed E-state index contributed by atoms with van der Waals surface area (Å²) in [4.78, 5) is 26.3. The van der Waals surface area contributed by atoms with Gasteiger partial charge in [0.05, 0.1) is 25.7 Å². The van der Waals surface area contributed by atoms with Crippen LogP contribution in [0.3, 0.4) is 0 Å². The molecule has 3 aromatic rings. The van der Waals surface area contributed by atoms with Crippen LogP contribution in [0.2, 0.25) is 5.02 Å². The van der Waals surface area contributed by atoms with E-state index in [2.05, 4.69) is 5.32 Å². The monoisotopic (exact) mass is 441 g/mol. The first-order chi connectivity index (χ1) is 14.5. The minimum Gasteiger partial charge on any atom is -0.493 e. The predicted molar refractivity (Wildman–Crippen MR) is 120 cm³/mol. The van der Waals surface area contributed by atoms with Gasteiger partial charge >= 0.3 is 0 Å². The van der Waals surface area contributed by atoms with Crippen LogP contribution in [0.1, 0.15) is 15.9 Å². The fourth-order valence-corrected chi connectivity index (χ4v) is 3.70. The first-order valence-corrected chi connectivity index (χ1v) is 10.4. The predicted octanol–water partition coefficient (Wildman–Crippen LogP) is 5.32. The van der Waals surface area contributed by atoms with E-state index < -0.39 is 0 Å². The molecule has 1 N–H and O–H groups in total. The second kappa shape index (κ2) is 10.2. The minimum atomic E-state index is -0.237. The topological polar surface area (TPSA) is 64.6 Å². The van der Waals surface area contributed by atoms with Crippen molar-refractivity contribution in [3.8, 4) is 11.5 Å². The molecule has 0 fully saturated rings. The third-order valence-corrected chi connectivity index (χ3v) is 5.49. The summed E-state index contributed by atoms with van der Waals surface area (Å²) >= 11 is 7.44. The SMILES string of the molecule is COc1ccc(SCC(=O)Nc2ccc(Cl)cc2C(=O)c2ccccc2)cc1OC. The molecule has 0 spiro atoms. The highest BCUT2D eigenvalue weighted by atomic mass is 35.5. The van der Waals surface area contributed by atoms with Crippen LogP contribution in [0, 0.1) is 0 Å². The molecule has 30 heavy (non-hydrogen) atoms. The van der Waals surface area contributed by atoms with Gasteiger partial charge in [0.15, 0.2) is 17.3 Å². The molecule has 7 heteroatoms. The van der Waals surface area contributed by atoms with Gasteiger partial charge in [-0.3, -0.25) is 9.59 Å². The lowest BCUT2D eigenvalue weighted by Gasteiger charge is -2.12. The van der Waals surface area contributed by atoms with Crippen LogP contribution in [-0.2, 0) is 4.79 Å². The van der Waals surface area contributed by atoms with E-state index in [0.717, 1.165) is 4.90 Å². The highest BCUT2D eigenvalue weighted by Crippen LogP contribution is 2.32. The lowest BCUT2D eigenvalue weighted by atomic mass is 10.0. The zero-order valence-corrected chi connectivity index (χ0v) is 18.0. The lowest BCUT2D eigenvalue weighted by molar-refractivity contribution is -0.113. The Bertz CT molecular complexity index is 1060. The maximum Gasteiger partial charge on any atom is 0.234 e. The number of anilines is 1. The Balaban J connectivity index is 1.72. The highest BCUT2D eigenvalue weighted by Gasteiger charge is 2.16. The average molecular weight is 442 g/mol. The number of rotatable bonds is 8. The third kappa shape index (κ3) is 5.34. The molecule has 0 aliphatic heterocycles. The molecule has 0 atom stereocenters. The zero-order chi connectivity index (χ0) is 21.5. The van der Waals surface area contributed by atoms with Crippen LogP contribution in [0.25, 0.3) is 0 Å². The first kappa shape index (κ1) is 21.7. The van der Waals surface area contributed by atoms with Gasteiger partial charge in [0, 0.05) is 21.0 Å². The number of thioether (sulfide) groups is 1.